The molecule has 1 saturated heterocycles. The molecule has 1 unspecified atom stereocenters. The molecule has 1 aliphatic heterocycles. The highest BCUT2D eigenvalue weighted by Gasteiger charge is 2.46. The molecule has 1 amide bonds. The van der Waals surface area contributed by atoms with Crippen LogP contribution < -0.4 is 4.74 Å². The molecule has 1 fully saturated rings. The zero-order chi connectivity index (χ0) is 23.6. The Morgan fingerprint density at radius 3 is 2.41 bits per heavy atom. The predicted molar refractivity (Wildman–Crippen MR) is 122 cm³/mol. The highest BCUT2D eigenvalue weighted by Crippen LogP contribution is 2.41. The number of carbonyl (C=O) groups excluding carboxylic acids is 2. The maximum Gasteiger partial charge on any atom is 0.295 e. The molecule has 1 heterocycles. The summed E-state index contributed by atoms with van der Waals surface area (Å²) in [7, 11) is 0. The van der Waals surface area contributed by atoms with E-state index in [4.69, 9.17) is 4.74 Å². The molecule has 170 valence electrons. The average molecular weight is 440 g/mol. The van der Waals surface area contributed by atoms with Crippen LogP contribution in [-0.4, -0.2) is 34.8 Å². The van der Waals surface area contributed by atoms with E-state index in [1.165, 1.54) is 11.0 Å². The van der Waals surface area contributed by atoms with Crippen molar-refractivity contribution in [2.75, 3.05) is 13.2 Å². The van der Waals surface area contributed by atoms with Crippen molar-refractivity contribution in [1.29, 1.82) is 0 Å². The fourth-order valence-corrected chi connectivity index (χ4v) is 4.07. The SMILES string of the molecule is CCCN1C(=O)C(=O)/C(=C(/O)c2ccc(OCC)c(C(C)(C)C)c2)C1c1ccccc1F. The third-order valence-electron chi connectivity index (χ3n) is 5.57. The van der Waals surface area contributed by atoms with Gasteiger partial charge >= 0.3 is 0 Å². The number of aliphatic hydroxyl groups is 1. The summed E-state index contributed by atoms with van der Waals surface area (Å²) in [6.45, 7) is 10.6. The highest BCUT2D eigenvalue weighted by molar-refractivity contribution is 6.46. The second kappa shape index (κ2) is 9.15. The number of hydrogen-bond donors (Lipinski definition) is 1. The largest absolute Gasteiger partial charge is 0.507 e. The first-order valence-corrected chi connectivity index (χ1v) is 10.9. The van der Waals surface area contributed by atoms with Crippen molar-refractivity contribution in [3.05, 3.63) is 70.5 Å². The summed E-state index contributed by atoms with van der Waals surface area (Å²) in [5.41, 5.74) is 1.03. The quantitative estimate of drug-likeness (QED) is 0.374. The maximum absolute atomic E-state index is 14.7. The van der Waals surface area contributed by atoms with Gasteiger partial charge in [-0.1, -0.05) is 45.9 Å². The molecule has 0 spiro atoms. The molecule has 32 heavy (non-hydrogen) atoms. The first-order valence-electron chi connectivity index (χ1n) is 10.9. The van der Waals surface area contributed by atoms with Crippen LogP contribution in [0.1, 0.15) is 63.8 Å². The second-order valence-corrected chi connectivity index (χ2v) is 8.91. The Labute approximate surface area is 188 Å². The van der Waals surface area contributed by atoms with E-state index in [-0.39, 0.29) is 28.9 Å². The van der Waals surface area contributed by atoms with Gasteiger partial charge in [-0.3, -0.25) is 9.59 Å². The standard InChI is InChI=1S/C26H30FNO4/c1-6-14-28-22(17-10-8-9-11-19(17)27)21(24(30)25(28)31)23(29)16-12-13-20(32-7-2)18(15-16)26(3,4)5/h8-13,15,22,29H,6-7,14H2,1-5H3/b23-21+. The number of nitrogens with zero attached hydrogens (tertiary/aromatic N) is 1. The van der Waals surface area contributed by atoms with Crippen molar-refractivity contribution < 1.29 is 23.8 Å². The van der Waals surface area contributed by atoms with E-state index in [1.807, 2.05) is 34.6 Å². The van der Waals surface area contributed by atoms with Gasteiger partial charge in [-0.2, -0.15) is 0 Å². The van der Waals surface area contributed by atoms with Crippen LogP contribution in [0.25, 0.3) is 5.76 Å². The van der Waals surface area contributed by atoms with Gasteiger partial charge in [0.1, 0.15) is 17.3 Å². The van der Waals surface area contributed by atoms with Crippen LogP contribution in [0.15, 0.2) is 48.0 Å². The Morgan fingerprint density at radius 2 is 1.81 bits per heavy atom. The summed E-state index contributed by atoms with van der Waals surface area (Å²) in [6.07, 6.45) is 0.593. The smallest absolute Gasteiger partial charge is 0.295 e. The van der Waals surface area contributed by atoms with E-state index in [9.17, 15) is 19.1 Å². The Bertz CT molecular complexity index is 1070. The zero-order valence-corrected chi connectivity index (χ0v) is 19.2. The third-order valence-corrected chi connectivity index (χ3v) is 5.57. The summed E-state index contributed by atoms with van der Waals surface area (Å²) < 4.78 is 20.5. The molecule has 2 aromatic carbocycles. The molecule has 0 aliphatic carbocycles. The van der Waals surface area contributed by atoms with Crippen LogP contribution in [-0.2, 0) is 15.0 Å². The summed E-state index contributed by atoms with van der Waals surface area (Å²) in [5, 5.41) is 11.2. The molecule has 5 nitrogen and oxygen atoms in total. The van der Waals surface area contributed by atoms with Crippen molar-refractivity contribution in [3.63, 3.8) is 0 Å². The Hall–Kier alpha value is -3.15. The lowest BCUT2D eigenvalue weighted by atomic mass is 9.84. The number of ether oxygens (including phenoxy) is 1. The summed E-state index contributed by atoms with van der Waals surface area (Å²) in [4.78, 5) is 27.1. The van der Waals surface area contributed by atoms with Crippen molar-refractivity contribution >= 4 is 17.4 Å². The van der Waals surface area contributed by atoms with Crippen LogP contribution in [0.5, 0.6) is 5.75 Å². The van der Waals surface area contributed by atoms with E-state index in [0.29, 0.717) is 24.3 Å². The molecule has 0 bridgehead atoms. The Kier molecular flexibility index (Phi) is 6.72. The minimum Gasteiger partial charge on any atom is -0.507 e. The van der Waals surface area contributed by atoms with Gasteiger partial charge in [0.05, 0.1) is 18.2 Å². The monoisotopic (exact) mass is 439 g/mol. The zero-order valence-electron chi connectivity index (χ0n) is 19.2. The second-order valence-electron chi connectivity index (χ2n) is 8.91. The lowest BCUT2D eigenvalue weighted by Gasteiger charge is -2.26. The Morgan fingerprint density at radius 1 is 1.12 bits per heavy atom. The first-order chi connectivity index (χ1) is 15.1. The molecule has 1 atom stereocenters. The molecule has 3 rings (SSSR count). The van der Waals surface area contributed by atoms with Crippen molar-refractivity contribution in [3.8, 4) is 5.75 Å². The van der Waals surface area contributed by atoms with E-state index < -0.39 is 23.5 Å². The third kappa shape index (κ3) is 4.27. The predicted octanol–water partition coefficient (Wildman–Crippen LogP) is 5.35. The number of rotatable bonds is 6. The van der Waals surface area contributed by atoms with E-state index >= 15 is 0 Å². The van der Waals surface area contributed by atoms with Gasteiger partial charge in [0.2, 0.25) is 0 Å². The number of benzene rings is 2. The van der Waals surface area contributed by atoms with Crippen LogP contribution in [0.2, 0.25) is 0 Å². The highest BCUT2D eigenvalue weighted by atomic mass is 19.1. The fourth-order valence-electron chi connectivity index (χ4n) is 4.07. The molecule has 1 aliphatic rings. The maximum atomic E-state index is 14.7. The van der Waals surface area contributed by atoms with E-state index in [0.717, 1.165) is 5.56 Å². The fraction of sp³-hybridized carbons (Fsp3) is 0.385. The number of ketones is 1. The number of halogens is 1. The molecule has 0 aromatic heterocycles. The Balaban J connectivity index is 2.24. The van der Waals surface area contributed by atoms with Gasteiger partial charge in [-0.15, -0.1) is 0 Å². The van der Waals surface area contributed by atoms with Gasteiger partial charge in [-0.25, -0.2) is 4.39 Å². The van der Waals surface area contributed by atoms with E-state index in [2.05, 4.69) is 0 Å². The van der Waals surface area contributed by atoms with E-state index in [1.54, 1.807) is 36.4 Å². The van der Waals surface area contributed by atoms with Gasteiger partial charge in [-0.05, 0) is 43.0 Å². The minimum absolute atomic E-state index is 0.0995. The molecular weight excluding hydrogens is 409 g/mol. The average Bonchev–Trinajstić information content (AvgIpc) is 2.98. The molecule has 0 radical (unpaired) electrons. The lowest BCUT2D eigenvalue weighted by Crippen LogP contribution is -2.30. The molecule has 0 saturated carbocycles. The van der Waals surface area contributed by atoms with Crippen LogP contribution in [0.4, 0.5) is 4.39 Å². The van der Waals surface area contributed by atoms with Gasteiger partial charge in [0.15, 0.2) is 0 Å². The number of likely N-dealkylation sites (tertiary alicyclic amines) is 1. The number of Topliss-reactive ketones (excluding diaryl/α,β-unsaturated/α-hetero) is 1. The van der Waals surface area contributed by atoms with Gasteiger partial charge in [0.25, 0.3) is 11.7 Å². The topological polar surface area (TPSA) is 66.8 Å². The number of hydrogen-bond acceptors (Lipinski definition) is 4. The minimum atomic E-state index is -0.985. The first kappa shape index (κ1) is 23.5. The molecule has 2 aromatic rings. The number of amides is 1. The summed E-state index contributed by atoms with van der Waals surface area (Å²) >= 11 is 0. The summed E-state index contributed by atoms with van der Waals surface area (Å²) in [6, 6.07) is 10.2. The number of carbonyl (C=O) groups is 2. The van der Waals surface area contributed by atoms with Crippen molar-refractivity contribution in [2.45, 2.75) is 52.5 Å². The molecule has 1 N–H and O–H groups in total. The number of aliphatic hydroxyl groups excluding tert-OH is 1. The van der Waals surface area contributed by atoms with Crippen molar-refractivity contribution in [1.82, 2.24) is 4.90 Å². The van der Waals surface area contributed by atoms with Crippen LogP contribution in [0, 0.1) is 5.82 Å². The van der Waals surface area contributed by atoms with Gasteiger partial charge < -0.3 is 14.7 Å². The molecular formula is C26H30FNO4. The van der Waals surface area contributed by atoms with Crippen LogP contribution in [0.3, 0.4) is 0 Å². The summed E-state index contributed by atoms with van der Waals surface area (Å²) in [5.74, 6) is -1.70. The normalized spacial score (nSPS) is 18.3. The van der Waals surface area contributed by atoms with Gasteiger partial charge in [0, 0.05) is 23.2 Å². The van der Waals surface area contributed by atoms with Crippen LogP contribution >= 0.6 is 0 Å². The lowest BCUT2D eigenvalue weighted by molar-refractivity contribution is -0.139. The van der Waals surface area contributed by atoms with Crippen molar-refractivity contribution in [2.24, 2.45) is 0 Å². The molecule has 6 heteroatoms.